The van der Waals surface area contributed by atoms with Crippen molar-refractivity contribution in [3.8, 4) is 0 Å². The van der Waals surface area contributed by atoms with Crippen LogP contribution < -0.4 is 11.1 Å². The van der Waals surface area contributed by atoms with Crippen molar-refractivity contribution in [1.82, 2.24) is 5.32 Å². The van der Waals surface area contributed by atoms with E-state index in [1.54, 1.807) is 0 Å². The molecule has 3 heteroatoms. The Bertz CT molecular complexity index is 314. The highest BCUT2D eigenvalue weighted by Crippen LogP contribution is 2.56. The fraction of sp³-hybridized carbons (Fsp3) is 0.938. The average molecular weight is 264 g/mol. The Morgan fingerprint density at radius 3 is 2.26 bits per heavy atom. The maximum atomic E-state index is 12.5. The number of amides is 1. The van der Waals surface area contributed by atoms with Crippen molar-refractivity contribution in [3.05, 3.63) is 0 Å². The summed E-state index contributed by atoms with van der Waals surface area (Å²) in [7, 11) is 0. The second-order valence-electron chi connectivity index (χ2n) is 7.25. The van der Waals surface area contributed by atoms with E-state index in [1.807, 2.05) is 0 Å². The smallest absolute Gasteiger partial charge is 0.223 e. The van der Waals surface area contributed by atoms with Crippen LogP contribution in [0.15, 0.2) is 0 Å². The van der Waals surface area contributed by atoms with Crippen LogP contribution >= 0.6 is 0 Å². The predicted molar refractivity (Wildman–Crippen MR) is 76.4 cm³/mol. The third-order valence-corrected chi connectivity index (χ3v) is 5.73. The lowest BCUT2D eigenvalue weighted by Gasteiger charge is -2.53. The number of carbonyl (C=O) groups excluding carboxylic acids is 1. The molecule has 0 aromatic heterocycles. The summed E-state index contributed by atoms with van der Waals surface area (Å²) in [5.41, 5.74) is 5.99. The molecule has 4 saturated carbocycles. The fourth-order valence-corrected chi connectivity index (χ4v) is 5.18. The van der Waals surface area contributed by atoms with Crippen LogP contribution in [0.5, 0.6) is 0 Å². The van der Waals surface area contributed by atoms with Gasteiger partial charge in [0.2, 0.25) is 5.91 Å². The minimum Gasteiger partial charge on any atom is -0.354 e. The van der Waals surface area contributed by atoms with Gasteiger partial charge in [-0.05, 0) is 62.2 Å². The molecule has 0 aromatic rings. The first-order valence-electron chi connectivity index (χ1n) is 8.20. The van der Waals surface area contributed by atoms with Crippen molar-refractivity contribution in [2.75, 3.05) is 6.54 Å². The highest BCUT2D eigenvalue weighted by molar-refractivity contribution is 5.79. The second kappa shape index (κ2) is 5.43. The number of hydrogen-bond acceptors (Lipinski definition) is 2. The van der Waals surface area contributed by atoms with E-state index in [0.29, 0.717) is 30.2 Å². The van der Waals surface area contributed by atoms with Crippen molar-refractivity contribution in [3.63, 3.8) is 0 Å². The van der Waals surface area contributed by atoms with E-state index >= 15 is 0 Å². The van der Waals surface area contributed by atoms with E-state index in [2.05, 4.69) is 12.2 Å². The minimum absolute atomic E-state index is 0.130. The zero-order chi connectivity index (χ0) is 13.4. The summed E-state index contributed by atoms with van der Waals surface area (Å²) >= 11 is 0. The molecule has 0 heterocycles. The number of nitrogens with one attached hydrogen (secondary N) is 1. The van der Waals surface area contributed by atoms with Gasteiger partial charge in [-0.3, -0.25) is 4.79 Å². The first kappa shape index (κ1) is 13.4. The van der Waals surface area contributed by atoms with Crippen molar-refractivity contribution >= 4 is 5.91 Å². The van der Waals surface area contributed by atoms with Gasteiger partial charge in [-0.15, -0.1) is 0 Å². The molecule has 3 N–H and O–H groups in total. The van der Waals surface area contributed by atoms with Crippen LogP contribution in [0.4, 0.5) is 0 Å². The summed E-state index contributed by atoms with van der Waals surface area (Å²) in [6.45, 7) is 2.80. The summed E-state index contributed by atoms with van der Waals surface area (Å²) in [6, 6.07) is 0.130. The molecule has 4 aliphatic carbocycles. The Balaban J connectivity index is 1.55. The predicted octanol–water partition coefficient (Wildman–Crippen LogP) is 2.30. The van der Waals surface area contributed by atoms with Gasteiger partial charge in [0.05, 0.1) is 0 Å². The summed E-state index contributed by atoms with van der Waals surface area (Å²) in [5, 5.41) is 3.13. The lowest BCUT2D eigenvalue weighted by atomic mass is 9.51. The molecule has 108 valence electrons. The first-order valence-corrected chi connectivity index (χ1v) is 8.20. The number of nitrogens with two attached hydrogens (primary N) is 1. The van der Waals surface area contributed by atoms with Gasteiger partial charge in [0.25, 0.3) is 0 Å². The molecule has 4 rings (SSSR count). The fourth-order valence-electron chi connectivity index (χ4n) is 5.18. The molecule has 19 heavy (non-hydrogen) atoms. The molecule has 4 aliphatic rings. The van der Waals surface area contributed by atoms with Crippen LogP contribution in [-0.4, -0.2) is 18.5 Å². The zero-order valence-corrected chi connectivity index (χ0v) is 12.1. The normalized spacial score (nSPS) is 41.3. The Morgan fingerprint density at radius 2 is 1.74 bits per heavy atom. The van der Waals surface area contributed by atoms with Crippen molar-refractivity contribution in [2.45, 2.75) is 57.9 Å². The number of carbonyl (C=O) groups is 1. The molecule has 1 unspecified atom stereocenters. The highest BCUT2D eigenvalue weighted by Gasteiger charge is 2.50. The lowest BCUT2D eigenvalue weighted by molar-refractivity contribution is -0.138. The zero-order valence-electron chi connectivity index (χ0n) is 12.1. The molecule has 0 radical (unpaired) electrons. The van der Waals surface area contributed by atoms with Gasteiger partial charge in [-0.25, -0.2) is 0 Å². The Labute approximate surface area is 116 Å². The van der Waals surface area contributed by atoms with Crippen LogP contribution in [0.1, 0.15) is 51.9 Å². The van der Waals surface area contributed by atoms with Gasteiger partial charge >= 0.3 is 0 Å². The summed E-state index contributed by atoms with van der Waals surface area (Å²) in [4.78, 5) is 12.5. The standard InChI is InChI=1S/C16H28N2O/c1-2-3-14(17)9-18-16(19)15-12-5-10-4-11(7-12)8-13(15)6-10/h10-15H,2-9,17H2,1H3,(H,18,19). The van der Waals surface area contributed by atoms with E-state index in [1.165, 1.54) is 32.1 Å². The molecular weight excluding hydrogens is 236 g/mol. The van der Waals surface area contributed by atoms with E-state index < -0.39 is 0 Å². The SMILES string of the molecule is CCCC(N)CNC(=O)C1C2CC3CC(C2)CC1C3. The lowest BCUT2D eigenvalue weighted by Crippen LogP contribution is -2.52. The van der Waals surface area contributed by atoms with E-state index in [0.717, 1.165) is 24.7 Å². The summed E-state index contributed by atoms with van der Waals surface area (Å²) < 4.78 is 0. The van der Waals surface area contributed by atoms with Crippen molar-refractivity contribution in [2.24, 2.45) is 35.3 Å². The van der Waals surface area contributed by atoms with Gasteiger partial charge in [-0.2, -0.15) is 0 Å². The molecule has 3 nitrogen and oxygen atoms in total. The molecular formula is C16H28N2O. The second-order valence-corrected chi connectivity index (χ2v) is 7.25. The molecule has 1 atom stereocenters. The van der Waals surface area contributed by atoms with Crippen LogP contribution in [0.25, 0.3) is 0 Å². The molecule has 0 aromatic carbocycles. The van der Waals surface area contributed by atoms with Crippen molar-refractivity contribution < 1.29 is 4.79 Å². The van der Waals surface area contributed by atoms with E-state index in [-0.39, 0.29) is 6.04 Å². The molecule has 0 saturated heterocycles. The van der Waals surface area contributed by atoms with Gasteiger partial charge < -0.3 is 11.1 Å². The minimum atomic E-state index is 0.130. The first-order chi connectivity index (χ1) is 9.17. The average Bonchev–Trinajstić information content (AvgIpc) is 2.35. The van der Waals surface area contributed by atoms with Crippen molar-refractivity contribution in [1.29, 1.82) is 0 Å². The molecule has 1 amide bonds. The summed E-state index contributed by atoms with van der Waals surface area (Å²) in [5.74, 6) is 3.85. The molecule has 0 spiro atoms. The van der Waals surface area contributed by atoms with Crippen LogP contribution in [0.2, 0.25) is 0 Å². The van der Waals surface area contributed by atoms with E-state index in [4.69, 9.17) is 5.73 Å². The third-order valence-electron chi connectivity index (χ3n) is 5.73. The maximum absolute atomic E-state index is 12.5. The van der Waals surface area contributed by atoms with Gasteiger partial charge in [0, 0.05) is 18.5 Å². The largest absolute Gasteiger partial charge is 0.354 e. The number of hydrogen-bond donors (Lipinski definition) is 2. The maximum Gasteiger partial charge on any atom is 0.223 e. The van der Waals surface area contributed by atoms with E-state index in [9.17, 15) is 4.79 Å². The Hall–Kier alpha value is -0.570. The third kappa shape index (κ3) is 2.67. The van der Waals surface area contributed by atoms with Gasteiger partial charge in [0.15, 0.2) is 0 Å². The molecule has 4 bridgehead atoms. The number of rotatable bonds is 5. The van der Waals surface area contributed by atoms with Crippen LogP contribution in [-0.2, 0) is 4.79 Å². The topological polar surface area (TPSA) is 55.1 Å². The van der Waals surface area contributed by atoms with Crippen LogP contribution in [0.3, 0.4) is 0 Å². The van der Waals surface area contributed by atoms with Gasteiger partial charge in [-0.1, -0.05) is 13.3 Å². The molecule has 0 aliphatic heterocycles. The Morgan fingerprint density at radius 1 is 1.16 bits per heavy atom. The molecule has 4 fully saturated rings. The van der Waals surface area contributed by atoms with Gasteiger partial charge in [0.1, 0.15) is 0 Å². The monoisotopic (exact) mass is 264 g/mol. The van der Waals surface area contributed by atoms with Crippen LogP contribution in [0, 0.1) is 29.6 Å². The highest BCUT2D eigenvalue weighted by atomic mass is 16.1. The quantitative estimate of drug-likeness (QED) is 0.800. The summed E-state index contributed by atoms with van der Waals surface area (Å²) in [6.07, 6.45) is 8.79. The Kier molecular flexibility index (Phi) is 3.84.